The lowest BCUT2D eigenvalue weighted by molar-refractivity contribution is 0.0531. The van der Waals surface area contributed by atoms with Gasteiger partial charge in [-0.05, 0) is 58.2 Å². The summed E-state index contributed by atoms with van der Waals surface area (Å²) >= 11 is 1.24. The number of aryl methyl sites for hydroxylation is 1. The van der Waals surface area contributed by atoms with Gasteiger partial charge in [0.2, 0.25) is 0 Å². The van der Waals surface area contributed by atoms with E-state index in [0.717, 1.165) is 19.0 Å². The Kier molecular flexibility index (Phi) is 5.24. The molecule has 0 unspecified atom stereocenters. The zero-order valence-corrected chi connectivity index (χ0v) is 16.0. The average Bonchev–Trinajstić information content (AvgIpc) is 2.92. The number of aromatic nitrogens is 2. The molecule has 25 heavy (non-hydrogen) atoms. The first-order valence-corrected chi connectivity index (χ1v) is 9.68. The molecule has 3 rings (SSSR count). The van der Waals surface area contributed by atoms with Gasteiger partial charge in [-0.25, -0.2) is 9.78 Å². The maximum atomic E-state index is 12.6. The smallest absolute Gasteiger partial charge is 0.348 e. The number of likely N-dealkylation sites (tertiary alicyclic amines) is 1. The van der Waals surface area contributed by atoms with E-state index in [1.165, 1.54) is 24.2 Å². The third-order valence-electron chi connectivity index (χ3n) is 5.04. The zero-order valence-electron chi connectivity index (χ0n) is 15.2. The highest BCUT2D eigenvalue weighted by atomic mass is 32.1. The highest BCUT2D eigenvalue weighted by Crippen LogP contribution is 2.30. The van der Waals surface area contributed by atoms with Crippen LogP contribution in [-0.4, -0.2) is 40.5 Å². The fourth-order valence-corrected chi connectivity index (χ4v) is 4.42. The van der Waals surface area contributed by atoms with Gasteiger partial charge in [-0.1, -0.05) is 6.92 Å². The van der Waals surface area contributed by atoms with Crippen molar-refractivity contribution >= 4 is 27.5 Å². The molecule has 136 valence electrons. The van der Waals surface area contributed by atoms with Crippen molar-refractivity contribution in [2.24, 2.45) is 5.92 Å². The molecule has 6 nitrogen and oxygen atoms in total. The van der Waals surface area contributed by atoms with Crippen LogP contribution in [0.15, 0.2) is 4.79 Å². The molecule has 0 aromatic carbocycles. The third kappa shape index (κ3) is 3.48. The minimum atomic E-state index is -0.387. The third-order valence-corrected chi connectivity index (χ3v) is 6.21. The number of thiophene rings is 1. The lowest BCUT2D eigenvalue weighted by Crippen LogP contribution is -2.36. The van der Waals surface area contributed by atoms with Crippen molar-refractivity contribution in [1.82, 2.24) is 14.9 Å². The average molecular weight is 363 g/mol. The van der Waals surface area contributed by atoms with E-state index in [4.69, 9.17) is 4.74 Å². The largest absolute Gasteiger partial charge is 0.462 e. The van der Waals surface area contributed by atoms with Crippen LogP contribution in [0, 0.1) is 12.8 Å². The number of aromatic amines is 1. The molecule has 0 radical (unpaired) electrons. The number of nitrogens with one attached hydrogen (secondary N) is 1. The van der Waals surface area contributed by atoms with Crippen LogP contribution in [0.4, 0.5) is 0 Å². The van der Waals surface area contributed by atoms with Crippen molar-refractivity contribution < 1.29 is 9.53 Å². The number of carbonyl (C=O) groups is 1. The van der Waals surface area contributed by atoms with Gasteiger partial charge in [-0.2, -0.15) is 0 Å². The van der Waals surface area contributed by atoms with E-state index in [9.17, 15) is 9.59 Å². The number of hydrogen-bond donors (Lipinski definition) is 1. The topological polar surface area (TPSA) is 75.3 Å². The highest BCUT2D eigenvalue weighted by Gasteiger charge is 2.25. The number of carbonyl (C=O) groups excluding carboxylic acids is 1. The number of H-pyrrole nitrogens is 1. The second-order valence-corrected chi connectivity index (χ2v) is 7.80. The molecule has 0 amide bonds. The van der Waals surface area contributed by atoms with Crippen molar-refractivity contribution in [3.63, 3.8) is 0 Å². The molecule has 1 atom stereocenters. The normalized spacial score (nSPS) is 17.8. The SMILES string of the molecule is CCOC(=O)c1sc2nc([C@H](C)N3CCC(C)CC3)[nH]c(=O)c2c1C. The fraction of sp³-hybridized carbons (Fsp3) is 0.611. The van der Waals surface area contributed by atoms with Crippen LogP contribution >= 0.6 is 11.3 Å². The Labute approximate surface area is 151 Å². The zero-order chi connectivity index (χ0) is 18.1. The van der Waals surface area contributed by atoms with Crippen LogP contribution in [0.2, 0.25) is 0 Å². The summed E-state index contributed by atoms with van der Waals surface area (Å²) in [5.74, 6) is 1.04. The van der Waals surface area contributed by atoms with Crippen LogP contribution in [0.25, 0.3) is 10.2 Å². The van der Waals surface area contributed by atoms with Gasteiger partial charge in [0.1, 0.15) is 15.5 Å². The van der Waals surface area contributed by atoms with E-state index >= 15 is 0 Å². The summed E-state index contributed by atoms with van der Waals surface area (Å²) in [6.45, 7) is 10.2. The van der Waals surface area contributed by atoms with Gasteiger partial charge >= 0.3 is 5.97 Å². The molecule has 3 heterocycles. The summed E-state index contributed by atoms with van der Waals surface area (Å²) in [6, 6.07) is 0.0537. The number of ether oxygens (including phenoxy) is 1. The molecule has 7 heteroatoms. The first-order valence-electron chi connectivity index (χ1n) is 8.86. The summed E-state index contributed by atoms with van der Waals surface area (Å²) in [5, 5.41) is 0.497. The quantitative estimate of drug-likeness (QED) is 0.844. The molecule has 0 saturated carbocycles. The molecule has 0 bridgehead atoms. The van der Waals surface area contributed by atoms with Gasteiger partial charge < -0.3 is 9.72 Å². The van der Waals surface area contributed by atoms with E-state index in [1.807, 2.05) is 0 Å². The van der Waals surface area contributed by atoms with Crippen molar-refractivity contribution in [2.45, 2.75) is 46.6 Å². The number of hydrogen-bond acceptors (Lipinski definition) is 6. The van der Waals surface area contributed by atoms with Crippen LogP contribution < -0.4 is 5.56 Å². The Balaban J connectivity index is 1.96. The molecule has 0 aliphatic carbocycles. The van der Waals surface area contributed by atoms with E-state index in [0.29, 0.717) is 33.1 Å². The number of piperidine rings is 1. The lowest BCUT2D eigenvalue weighted by atomic mass is 9.98. The van der Waals surface area contributed by atoms with Crippen LogP contribution in [-0.2, 0) is 4.74 Å². The summed E-state index contributed by atoms with van der Waals surface area (Å²) in [7, 11) is 0. The van der Waals surface area contributed by atoms with Gasteiger partial charge in [-0.3, -0.25) is 9.69 Å². The van der Waals surface area contributed by atoms with Gasteiger partial charge in [0.25, 0.3) is 5.56 Å². The Hall–Kier alpha value is -1.73. The predicted molar refractivity (Wildman–Crippen MR) is 99.3 cm³/mol. The first kappa shape index (κ1) is 18.1. The highest BCUT2D eigenvalue weighted by molar-refractivity contribution is 7.20. The Morgan fingerprint density at radius 2 is 2.12 bits per heavy atom. The summed E-state index contributed by atoms with van der Waals surface area (Å²) < 4.78 is 5.08. The Morgan fingerprint density at radius 3 is 2.76 bits per heavy atom. The molecule has 2 aromatic heterocycles. The second kappa shape index (κ2) is 7.25. The number of esters is 1. The molecule has 0 spiro atoms. The molecule has 1 saturated heterocycles. The number of rotatable bonds is 4. The standard InChI is InChI=1S/C18H25N3O3S/c1-5-24-18(23)14-11(3)13-16(22)19-15(20-17(13)25-14)12(4)21-8-6-10(2)7-9-21/h10,12H,5-9H2,1-4H3,(H,19,20,22)/t12-/m0/s1. The van der Waals surface area contributed by atoms with Crippen LogP contribution in [0.3, 0.4) is 0 Å². The van der Waals surface area contributed by atoms with Gasteiger partial charge in [0, 0.05) is 0 Å². The maximum absolute atomic E-state index is 12.6. The Bertz CT molecular complexity index is 834. The van der Waals surface area contributed by atoms with Gasteiger partial charge in [0.05, 0.1) is 18.0 Å². The molecular weight excluding hydrogens is 338 g/mol. The van der Waals surface area contributed by atoms with E-state index in [1.54, 1.807) is 13.8 Å². The molecule has 1 aliphatic rings. The Morgan fingerprint density at radius 1 is 1.44 bits per heavy atom. The first-order chi connectivity index (χ1) is 11.9. The summed E-state index contributed by atoms with van der Waals surface area (Å²) in [4.78, 5) is 35.7. The lowest BCUT2D eigenvalue weighted by Gasteiger charge is -2.34. The van der Waals surface area contributed by atoms with Crippen LogP contribution in [0.5, 0.6) is 0 Å². The summed E-state index contributed by atoms with van der Waals surface area (Å²) in [6.07, 6.45) is 2.34. The van der Waals surface area contributed by atoms with Gasteiger partial charge in [-0.15, -0.1) is 11.3 Å². The molecular formula is C18H25N3O3S. The monoisotopic (exact) mass is 363 g/mol. The molecule has 2 aromatic rings. The number of nitrogens with zero attached hydrogens (tertiary/aromatic N) is 2. The predicted octanol–water partition coefficient (Wildman–Crippen LogP) is 3.26. The van der Waals surface area contributed by atoms with Crippen molar-refractivity contribution in [1.29, 1.82) is 0 Å². The van der Waals surface area contributed by atoms with Crippen molar-refractivity contribution in [3.05, 3.63) is 26.6 Å². The van der Waals surface area contributed by atoms with E-state index in [-0.39, 0.29) is 17.6 Å². The van der Waals surface area contributed by atoms with E-state index in [2.05, 4.69) is 28.7 Å². The molecule has 1 aliphatic heterocycles. The minimum absolute atomic E-state index is 0.0537. The fourth-order valence-electron chi connectivity index (χ4n) is 3.34. The van der Waals surface area contributed by atoms with Crippen molar-refractivity contribution in [3.8, 4) is 0 Å². The molecule has 1 fully saturated rings. The van der Waals surface area contributed by atoms with Crippen molar-refractivity contribution in [2.75, 3.05) is 19.7 Å². The maximum Gasteiger partial charge on any atom is 0.348 e. The van der Waals surface area contributed by atoms with Crippen LogP contribution in [0.1, 0.15) is 60.7 Å². The van der Waals surface area contributed by atoms with Gasteiger partial charge in [0.15, 0.2) is 0 Å². The second-order valence-electron chi connectivity index (χ2n) is 6.80. The van der Waals surface area contributed by atoms with E-state index < -0.39 is 0 Å². The minimum Gasteiger partial charge on any atom is -0.462 e. The number of fused-ring (bicyclic) bond motifs is 1. The molecule has 1 N–H and O–H groups in total. The summed E-state index contributed by atoms with van der Waals surface area (Å²) in [5.41, 5.74) is 0.472.